The van der Waals surface area contributed by atoms with E-state index in [9.17, 15) is 9.59 Å². The number of pyridine rings is 1. The summed E-state index contributed by atoms with van der Waals surface area (Å²) in [6.07, 6.45) is -0.689. The van der Waals surface area contributed by atoms with Gasteiger partial charge in [0.1, 0.15) is 11.6 Å². The Balaban J connectivity index is 2.05. The van der Waals surface area contributed by atoms with Crippen molar-refractivity contribution in [3.63, 3.8) is 0 Å². The number of aromatic nitrogens is 1. The zero-order valence-corrected chi connectivity index (χ0v) is 10.7. The molecule has 102 valence electrons. The Hall–Kier alpha value is -2.89. The van der Waals surface area contributed by atoms with Gasteiger partial charge in [0.05, 0.1) is 11.3 Å². The number of carbonyl (C=O) groups excluding carboxylic acids is 1. The SMILES string of the molecule is Cc1nc(NC(=O)Oc2ccccc2)ccc1C(=O)O. The number of para-hydroxylation sites is 1. The predicted octanol–water partition coefficient (Wildman–Crippen LogP) is 2.70. The highest BCUT2D eigenvalue weighted by Crippen LogP contribution is 2.12. The molecule has 20 heavy (non-hydrogen) atoms. The number of hydrogen-bond acceptors (Lipinski definition) is 4. The molecule has 2 rings (SSSR count). The highest BCUT2D eigenvalue weighted by molar-refractivity contribution is 5.90. The number of carboxylic acid groups (broad SMARTS) is 1. The van der Waals surface area contributed by atoms with Crippen molar-refractivity contribution in [2.45, 2.75) is 6.92 Å². The zero-order valence-electron chi connectivity index (χ0n) is 10.7. The molecule has 0 saturated carbocycles. The van der Waals surface area contributed by atoms with Crippen LogP contribution in [0.1, 0.15) is 16.1 Å². The average molecular weight is 272 g/mol. The third-order valence-electron chi connectivity index (χ3n) is 2.50. The number of anilines is 1. The zero-order chi connectivity index (χ0) is 14.5. The third kappa shape index (κ3) is 3.32. The molecule has 2 aromatic rings. The van der Waals surface area contributed by atoms with Crippen molar-refractivity contribution in [1.29, 1.82) is 0 Å². The van der Waals surface area contributed by atoms with E-state index < -0.39 is 12.1 Å². The monoisotopic (exact) mass is 272 g/mol. The van der Waals surface area contributed by atoms with Gasteiger partial charge in [-0.2, -0.15) is 0 Å². The van der Waals surface area contributed by atoms with E-state index in [0.717, 1.165) is 0 Å². The molecule has 6 heteroatoms. The molecule has 0 radical (unpaired) electrons. The van der Waals surface area contributed by atoms with E-state index in [-0.39, 0.29) is 11.4 Å². The van der Waals surface area contributed by atoms with E-state index in [1.54, 1.807) is 37.3 Å². The summed E-state index contributed by atoms with van der Waals surface area (Å²) in [6, 6.07) is 11.4. The molecule has 1 aromatic heterocycles. The first-order valence-electron chi connectivity index (χ1n) is 5.81. The molecule has 1 aromatic carbocycles. The van der Waals surface area contributed by atoms with Gasteiger partial charge >= 0.3 is 12.1 Å². The lowest BCUT2D eigenvalue weighted by Gasteiger charge is -2.07. The summed E-state index contributed by atoms with van der Waals surface area (Å²) in [7, 11) is 0. The van der Waals surface area contributed by atoms with Gasteiger partial charge in [-0.1, -0.05) is 18.2 Å². The Kier molecular flexibility index (Phi) is 3.95. The van der Waals surface area contributed by atoms with Gasteiger partial charge in [0, 0.05) is 0 Å². The molecule has 2 N–H and O–H groups in total. The Morgan fingerprint density at radius 2 is 1.85 bits per heavy atom. The van der Waals surface area contributed by atoms with Crippen LogP contribution in [0.5, 0.6) is 5.75 Å². The normalized spacial score (nSPS) is 9.85. The number of aromatic carboxylic acids is 1. The van der Waals surface area contributed by atoms with Crippen LogP contribution in [0.3, 0.4) is 0 Å². The Morgan fingerprint density at radius 1 is 1.15 bits per heavy atom. The average Bonchev–Trinajstić information content (AvgIpc) is 2.39. The second kappa shape index (κ2) is 5.83. The standard InChI is InChI=1S/C14H12N2O4/c1-9-11(13(17)18)7-8-12(15-9)16-14(19)20-10-5-3-2-4-6-10/h2-8H,1H3,(H,17,18)(H,15,16,19). The van der Waals surface area contributed by atoms with Crippen LogP contribution in [0.25, 0.3) is 0 Å². The van der Waals surface area contributed by atoms with Gasteiger partial charge < -0.3 is 9.84 Å². The maximum atomic E-state index is 11.6. The van der Waals surface area contributed by atoms with Crippen LogP contribution in [0.15, 0.2) is 42.5 Å². The molecule has 0 saturated heterocycles. The van der Waals surface area contributed by atoms with Crippen molar-refractivity contribution in [2.75, 3.05) is 5.32 Å². The largest absolute Gasteiger partial charge is 0.478 e. The molecule has 0 aliphatic carbocycles. The van der Waals surface area contributed by atoms with Crippen molar-refractivity contribution < 1.29 is 19.4 Å². The number of benzene rings is 1. The Morgan fingerprint density at radius 3 is 2.45 bits per heavy atom. The fourth-order valence-corrected chi connectivity index (χ4v) is 1.58. The first-order chi connectivity index (χ1) is 9.56. The van der Waals surface area contributed by atoms with Gasteiger partial charge in [0.2, 0.25) is 0 Å². The molecule has 0 unspecified atom stereocenters. The molecule has 0 fully saturated rings. The van der Waals surface area contributed by atoms with Crippen molar-refractivity contribution in [2.24, 2.45) is 0 Å². The summed E-state index contributed by atoms with van der Waals surface area (Å²) in [6.45, 7) is 1.55. The molecule has 0 spiro atoms. The summed E-state index contributed by atoms with van der Waals surface area (Å²) in [4.78, 5) is 26.4. The van der Waals surface area contributed by atoms with Crippen LogP contribution in [-0.2, 0) is 0 Å². The highest BCUT2D eigenvalue weighted by atomic mass is 16.6. The lowest BCUT2D eigenvalue weighted by molar-refractivity contribution is 0.0695. The number of carbonyl (C=O) groups is 2. The second-order valence-electron chi connectivity index (χ2n) is 3.96. The molecular weight excluding hydrogens is 260 g/mol. The number of hydrogen-bond donors (Lipinski definition) is 2. The lowest BCUT2D eigenvalue weighted by Crippen LogP contribution is -2.18. The Bertz CT molecular complexity index is 641. The minimum Gasteiger partial charge on any atom is -0.478 e. The highest BCUT2D eigenvalue weighted by Gasteiger charge is 2.11. The van der Waals surface area contributed by atoms with Gasteiger partial charge in [-0.25, -0.2) is 14.6 Å². The molecular formula is C14H12N2O4. The summed E-state index contributed by atoms with van der Waals surface area (Å²) in [5.74, 6) is -0.425. The number of aryl methyl sites for hydroxylation is 1. The number of ether oxygens (including phenoxy) is 1. The number of nitrogens with one attached hydrogen (secondary N) is 1. The van der Waals surface area contributed by atoms with E-state index >= 15 is 0 Å². The maximum Gasteiger partial charge on any atom is 0.418 e. The quantitative estimate of drug-likeness (QED) is 0.896. The summed E-state index contributed by atoms with van der Waals surface area (Å²) < 4.78 is 5.03. The topological polar surface area (TPSA) is 88.5 Å². The Labute approximate surface area is 115 Å². The fraction of sp³-hybridized carbons (Fsp3) is 0.0714. The van der Waals surface area contributed by atoms with Gasteiger partial charge in [-0.3, -0.25) is 5.32 Å². The maximum absolute atomic E-state index is 11.6. The van der Waals surface area contributed by atoms with Crippen LogP contribution in [-0.4, -0.2) is 22.2 Å². The smallest absolute Gasteiger partial charge is 0.418 e. The van der Waals surface area contributed by atoms with E-state index in [4.69, 9.17) is 9.84 Å². The van der Waals surface area contributed by atoms with Crippen LogP contribution in [0.4, 0.5) is 10.6 Å². The second-order valence-corrected chi connectivity index (χ2v) is 3.96. The summed E-state index contributed by atoms with van der Waals surface area (Å²) in [5, 5.41) is 11.3. The van der Waals surface area contributed by atoms with Crippen molar-refractivity contribution >= 4 is 17.9 Å². The van der Waals surface area contributed by atoms with E-state index in [1.807, 2.05) is 0 Å². The van der Waals surface area contributed by atoms with Gasteiger partial charge in [-0.15, -0.1) is 0 Å². The molecule has 0 aliphatic heterocycles. The molecule has 0 aliphatic rings. The minimum atomic E-state index is -1.06. The molecule has 0 atom stereocenters. The number of rotatable bonds is 3. The molecule has 6 nitrogen and oxygen atoms in total. The molecule has 1 heterocycles. The first-order valence-corrected chi connectivity index (χ1v) is 5.81. The van der Waals surface area contributed by atoms with Crippen LogP contribution < -0.4 is 10.1 Å². The number of amides is 1. The number of nitrogens with zero attached hydrogens (tertiary/aromatic N) is 1. The van der Waals surface area contributed by atoms with Crippen molar-refractivity contribution in [3.05, 3.63) is 53.7 Å². The van der Waals surface area contributed by atoms with Crippen LogP contribution in [0, 0.1) is 6.92 Å². The van der Waals surface area contributed by atoms with Crippen molar-refractivity contribution in [3.8, 4) is 5.75 Å². The van der Waals surface area contributed by atoms with Gasteiger partial charge in [0.15, 0.2) is 0 Å². The lowest BCUT2D eigenvalue weighted by atomic mass is 10.2. The number of carboxylic acids is 1. The molecule has 1 amide bonds. The van der Waals surface area contributed by atoms with E-state index in [2.05, 4.69) is 10.3 Å². The third-order valence-corrected chi connectivity index (χ3v) is 2.50. The van der Waals surface area contributed by atoms with Crippen LogP contribution >= 0.6 is 0 Å². The van der Waals surface area contributed by atoms with Gasteiger partial charge in [-0.05, 0) is 31.2 Å². The minimum absolute atomic E-state index is 0.0898. The fourth-order valence-electron chi connectivity index (χ4n) is 1.58. The summed E-state index contributed by atoms with van der Waals surface area (Å²) >= 11 is 0. The molecule has 0 bridgehead atoms. The van der Waals surface area contributed by atoms with E-state index in [1.165, 1.54) is 12.1 Å². The summed E-state index contributed by atoms with van der Waals surface area (Å²) in [5.41, 5.74) is 0.405. The van der Waals surface area contributed by atoms with Gasteiger partial charge in [0.25, 0.3) is 0 Å². The first kappa shape index (κ1) is 13.5. The predicted molar refractivity (Wildman–Crippen MR) is 72.0 cm³/mol. The van der Waals surface area contributed by atoms with Crippen LogP contribution in [0.2, 0.25) is 0 Å². The van der Waals surface area contributed by atoms with E-state index in [0.29, 0.717) is 11.4 Å². The van der Waals surface area contributed by atoms with Crippen molar-refractivity contribution in [1.82, 2.24) is 4.98 Å².